The Balaban J connectivity index is 0. The molecule has 5 heteroatoms. The van der Waals surface area contributed by atoms with Gasteiger partial charge in [0.25, 0.3) is 5.76 Å². The number of nitrogens with one attached hydrogen (secondary N) is 1. The molecule has 12 heavy (non-hydrogen) atoms. The van der Waals surface area contributed by atoms with Crippen molar-refractivity contribution in [2.24, 2.45) is 0 Å². The zero-order chi connectivity index (χ0) is 8.69. The molecule has 0 bridgehead atoms. The van der Waals surface area contributed by atoms with Gasteiger partial charge < -0.3 is 9.47 Å². The van der Waals surface area contributed by atoms with Gasteiger partial charge in [-0.2, -0.15) is 0 Å². The van der Waals surface area contributed by atoms with E-state index >= 15 is 0 Å². The molecule has 0 atom stereocenters. The Bertz CT molecular complexity index is 187. The Morgan fingerprint density at radius 1 is 1.33 bits per heavy atom. The standard InChI is InChI=1S/C7H11NO3.ClH/c1-3-10-6(5-8)7(9)11-4-2;/h8H,3-4H2,1-2H3;1H. The van der Waals surface area contributed by atoms with E-state index in [-0.39, 0.29) is 24.8 Å². The van der Waals surface area contributed by atoms with Crippen LogP contribution in [-0.2, 0) is 14.3 Å². The van der Waals surface area contributed by atoms with Crippen LogP contribution in [0.25, 0.3) is 0 Å². The summed E-state index contributed by atoms with van der Waals surface area (Å²) < 4.78 is 9.31. The van der Waals surface area contributed by atoms with Gasteiger partial charge in [-0.3, -0.25) is 5.41 Å². The molecule has 0 aromatic rings. The molecule has 0 heterocycles. The monoisotopic (exact) mass is 193 g/mol. The van der Waals surface area contributed by atoms with Crippen LogP contribution in [0.5, 0.6) is 0 Å². The summed E-state index contributed by atoms with van der Waals surface area (Å²) in [4.78, 5) is 10.8. The molecule has 0 radical (unpaired) electrons. The summed E-state index contributed by atoms with van der Waals surface area (Å²) in [5.41, 5.74) is 0. The van der Waals surface area contributed by atoms with Crippen LogP contribution >= 0.6 is 12.4 Å². The molecule has 0 saturated heterocycles. The Kier molecular flexibility index (Phi) is 9.18. The predicted molar refractivity (Wildman–Crippen MR) is 46.7 cm³/mol. The van der Waals surface area contributed by atoms with E-state index in [1.807, 2.05) is 5.87 Å². The van der Waals surface area contributed by atoms with Gasteiger partial charge in [-0.05, 0) is 13.8 Å². The third-order valence-corrected chi connectivity index (χ3v) is 0.863. The highest BCUT2D eigenvalue weighted by Gasteiger charge is 2.10. The maximum atomic E-state index is 10.8. The molecule has 0 aromatic carbocycles. The summed E-state index contributed by atoms with van der Waals surface area (Å²) >= 11 is 0. The van der Waals surface area contributed by atoms with E-state index in [0.29, 0.717) is 6.61 Å². The maximum absolute atomic E-state index is 10.8. The van der Waals surface area contributed by atoms with Gasteiger partial charge in [0.1, 0.15) is 0 Å². The number of carbonyl (C=O) groups excluding carboxylic acids is 1. The predicted octanol–water partition coefficient (Wildman–Crippen LogP) is 1.14. The average Bonchev–Trinajstić information content (AvgIpc) is 2.00. The fourth-order valence-electron chi connectivity index (χ4n) is 0.487. The Morgan fingerprint density at radius 2 is 1.83 bits per heavy atom. The summed E-state index contributed by atoms with van der Waals surface area (Å²) in [6.45, 7) is 4.01. The second-order valence-electron chi connectivity index (χ2n) is 1.61. The molecule has 0 aliphatic rings. The van der Waals surface area contributed by atoms with Crippen molar-refractivity contribution in [2.45, 2.75) is 13.8 Å². The van der Waals surface area contributed by atoms with Gasteiger partial charge in [0, 0.05) is 5.87 Å². The van der Waals surface area contributed by atoms with Gasteiger partial charge in [0.15, 0.2) is 0 Å². The topological polar surface area (TPSA) is 59.4 Å². The highest BCUT2D eigenvalue weighted by Crippen LogP contribution is 1.94. The highest BCUT2D eigenvalue weighted by molar-refractivity contribution is 5.94. The van der Waals surface area contributed by atoms with Crippen LogP contribution in [0.1, 0.15) is 13.8 Å². The highest BCUT2D eigenvalue weighted by atomic mass is 35.5. The second-order valence-corrected chi connectivity index (χ2v) is 1.61. The van der Waals surface area contributed by atoms with E-state index < -0.39 is 5.97 Å². The molecular weight excluding hydrogens is 182 g/mol. The molecule has 0 fully saturated rings. The Hall–Kier alpha value is -0.990. The van der Waals surface area contributed by atoms with Crippen molar-refractivity contribution in [1.82, 2.24) is 0 Å². The number of rotatable bonds is 4. The van der Waals surface area contributed by atoms with Crippen molar-refractivity contribution in [3.05, 3.63) is 5.76 Å². The summed E-state index contributed by atoms with van der Waals surface area (Å²) in [5, 5.41) is 6.66. The molecule has 0 aromatic heterocycles. The summed E-state index contributed by atoms with van der Waals surface area (Å²) in [5.74, 6) is 1.05. The SMILES string of the molecule is CCOC(=O)C(=C=N)OCC.Cl. The number of hydrogen-bond acceptors (Lipinski definition) is 4. The van der Waals surface area contributed by atoms with Crippen LogP contribution < -0.4 is 0 Å². The first-order valence-electron chi connectivity index (χ1n) is 3.35. The van der Waals surface area contributed by atoms with Crippen LogP contribution in [0.4, 0.5) is 0 Å². The zero-order valence-corrected chi connectivity index (χ0v) is 7.86. The van der Waals surface area contributed by atoms with Gasteiger partial charge in [-0.25, -0.2) is 4.79 Å². The normalized spacial score (nSPS) is 7.50. The van der Waals surface area contributed by atoms with Crippen molar-refractivity contribution in [3.63, 3.8) is 0 Å². The molecule has 0 saturated carbocycles. The average molecular weight is 194 g/mol. The number of ether oxygens (including phenoxy) is 2. The third kappa shape index (κ3) is 4.77. The van der Waals surface area contributed by atoms with Gasteiger partial charge in [-0.1, -0.05) is 0 Å². The van der Waals surface area contributed by atoms with Crippen LogP contribution in [0, 0.1) is 5.41 Å². The van der Waals surface area contributed by atoms with Gasteiger partial charge in [0.2, 0.25) is 0 Å². The summed E-state index contributed by atoms with van der Waals surface area (Å²) in [7, 11) is 0. The lowest BCUT2D eigenvalue weighted by molar-refractivity contribution is -0.142. The first-order valence-corrected chi connectivity index (χ1v) is 3.35. The smallest absolute Gasteiger partial charge is 0.383 e. The Morgan fingerprint density at radius 3 is 2.17 bits per heavy atom. The Labute approximate surface area is 77.5 Å². The lowest BCUT2D eigenvalue weighted by Gasteiger charge is -2.03. The molecule has 0 amide bonds. The molecule has 4 nitrogen and oxygen atoms in total. The van der Waals surface area contributed by atoms with E-state index in [4.69, 9.17) is 10.1 Å². The minimum absolute atomic E-state index is 0. The van der Waals surface area contributed by atoms with E-state index in [2.05, 4.69) is 4.74 Å². The lowest BCUT2D eigenvalue weighted by atomic mass is 10.5. The molecule has 0 rings (SSSR count). The van der Waals surface area contributed by atoms with E-state index in [9.17, 15) is 4.79 Å². The minimum atomic E-state index is -0.635. The molecular formula is C7H12ClNO3. The minimum Gasteiger partial charge on any atom is -0.480 e. The van der Waals surface area contributed by atoms with Gasteiger partial charge in [-0.15, -0.1) is 12.4 Å². The van der Waals surface area contributed by atoms with Crippen molar-refractivity contribution in [3.8, 4) is 0 Å². The van der Waals surface area contributed by atoms with Crippen LogP contribution in [0.2, 0.25) is 0 Å². The van der Waals surface area contributed by atoms with Crippen molar-refractivity contribution < 1.29 is 14.3 Å². The van der Waals surface area contributed by atoms with Gasteiger partial charge in [0.05, 0.1) is 13.2 Å². The van der Waals surface area contributed by atoms with Crippen molar-refractivity contribution in [2.75, 3.05) is 13.2 Å². The van der Waals surface area contributed by atoms with Crippen LogP contribution in [0.15, 0.2) is 5.76 Å². The van der Waals surface area contributed by atoms with Crippen molar-refractivity contribution >= 4 is 24.2 Å². The fourth-order valence-corrected chi connectivity index (χ4v) is 0.487. The van der Waals surface area contributed by atoms with Crippen LogP contribution in [-0.4, -0.2) is 25.1 Å². The largest absolute Gasteiger partial charge is 0.480 e. The second kappa shape index (κ2) is 8.11. The quantitative estimate of drug-likeness (QED) is 0.315. The number of halogens is 1. The summed E-state index contributed by atoms with van der Waals surface area (Å²) in [6.07, 6.45) is 0. The fraction of sp³-hybridized carbons (Fsp3) is 0.571. The maximum Gasteiger partial charge on any atom is 0.383 e. The first-order chi connectivity index (χ1) is 5.26. The molecule has 1 N–H and O–H groups in total. The molecule has 0 unspecified atom stereocenters. The zero-order valence-electron chi connectivity index (χ0n) is 7.05. The summed E-state index contributed by atoms with van der Waals surface area (Å²) in [6, 6.07) is 0. The van der Waals surface area contributed by atoms with Crippen molar-refractivity contribution in [1.29, 1.82) is 5.41 Å². The first kappa shape index (κ1) is 13.6. The number of esters is 1. The molecule has 70 valence electrons. The number of hydrogen-bond donors (Lipinski definition) is 1. The van der Waals surface area contributed by atoms with E-state index in [1.54, 1.807) is 13.8 Å². The van der Waals surface area contributed by atoms with E-state index in [1.165, 1.54) is 0 Å². The van der Waals surface area contributed by atoms with Gasteiger partial charge >= 0.3 is 5.97 Å². The molecule has 0 spiro atoms. The number of carbonyl (C=O) groups is 1. The lowest BCUT2D eigenvalue weighted by Crippen LogP contribution is -2.10. The molecule has 0 aliphatic heterocycles. The molecule has 0 aliphatic carbocycles. The van der Waals surface area contributed by atoms with E-state index in [0.717, 1.165) is 0 Å². The van der Waals surface area contributed by atoms with Crippen LogP contribution in [0.3, 0.4) is 0 Å². The third-order valence-electron chi connectivity index (χ3n) is 0.863.